The van der Waals surface area contributed by atoms with Crippen molar-refractivity contribution in [2.24, 2.45) is 0 Å². The zero-order chi connectivity index (χ0) is 30.7. The number of anilines is 1. The first-order valence-electron chi connectivity index (χ1n) is 13.6. The average molecular weight is 595 g/mol. The van der Waals surface area contributed by atoms with Crippen LogP contribution in [0.3, 0.4) is 0 Å². The fraction of sp³-hybridized carbons (Fsp3) is 0.0909. The number of aromatic hydroxyl groups is 1. The summed E-state index contributed by atoms with van der Waals surface area (Å²) in [6.07, 6.45) is -1.48. The maximum atomic E-state index is 14.3. The Bertz CT molecular complexity index is 2210. The first-order chi connectivity index (χ1) is 21.1. The molecule has 0 radical (unpaired) electrons. The number of phenolic OH excluding ortho intramolecular Hbond substituents is 1. The smallest absolute Gasteiger partial charge is 0.416 e. The molecule has 0 bridgehead atoms. The van der Waals surface area contributed by atoms with Gasteiger partial charge in [-0.15, -0.1) is 0 Å². The van der Waals surface area contributed by atoms with E-state index in [1.165, 1.54) is 24.5 Å². The van der Waals surface area contributed by atoms with Crippen LogP contribution in [0.5, 0.6) is 5.75 Å². The topological polar surface area (TPSA) is 103 Å². The second-order valence-corrected chi connectivity index (χ2v) is 10.5. The van der Waals surface area contributed by atoms with Gasteiger partial charge in [-0.05, 0) is 94.7 Å². The van der Waals surface area contributed by atoms with Crippen molar-refractivity contribution in [1.29, 1.82) is 0 Å². The van der Waals surface area contributed by atoms with Gasteiger partial charge in [0.1, 0.15) is 29.4 Å². The Balaban J connectivity index is 1.47. The summed E-state index contributed by atoms with van der Waals surface area (Å²) in [6, 6.07) is 19.8. The van der Waals surface area contributed by atoms with E-state index < -0.39 is 23.6 Å². The van der Waals surface area contributed by atoms with Gasteiger partial charge in [0.15, 0.2) is 5.65 Å². The molecule has 3 heterocycles. The van der Waals surface area contributed by atoms with Crippen LogP contribution in [0.15, 0.2) is 91.4 Å². The molecule has 1 atom stereocenters. The Kier molecular flexibility index (Phi) is 6.20. The number of aromatic nitrogens is 5. The van der Waals surface area contributed by atoms with Gasteiger partial charge in [-0.1, -0.05) is 12.1 Å². The van der Waals surface area contributed by atoms with E-state index >= 15 is 0 Å². The number of hydrogen-bond acceptors (Lipinski definition) is 6. The summed E-state index contributed by atoms with van der Waals surface area (Å²) >= 11 is 0. The number of nitrogen functional groups attached to an aromatic ring is 1. The minimum absolute atomic E-state index is 0.139. The Morgan fingerprint density at radius 1 is 0.841 bits per heavy atom. The maximum Gasteiger partial charge on any atom is 0.416 e. The molecule has 218 valence electrons. The normalized spacial score (nSPS) is 12.8. The first-order valence-corrected chi connectivity index (χ1v) is 13.6. The lowest BCUT2D eigenvalue weighted by Gasteiger charge is -2.19. The van der Waals surface area contributed by atoms with Crippen molar-refractivity contribution in [2.75, 3.05) is 5.73 Å². The third-order valence-corrected chi connectivity index (χ3v) is 7.72. The number of benzene rings is 4. The van der Waals surface area contributed by atoms with Crippen LogP contribution < -0.4 is 5.73 Å². The zero-order valence-corrected chi connectivity index (χ0v) is 23.0. The lowest BCUT2D eigenvalue weighted by molar-refractivity contribution is -0.137. The average Bonchev–Trinajstić information content (AvgIpc) is 3.39. The number of halogens is 4. The van der Waals surface area contributed by atoms with Gasteiger partial charge in [0.05, 0.1) is 22.7 Å². The van der Waals surface area contributed by atoms with Crippen LogP contribution in [0, 0.1) is 5.82 Å². The molecule has 7 aromatic rings. The summed E-state index contributed by atoms with van der Waals surface area (Å²) in [5, 5.41) is 18.0. The molecule has 44 heavy (non-hydrogen) atoms. The van der Waals surface area contributed by atoms with Gasteiger partial charge in [0.2, 0.25) is 0 Å². The highest BCUT2D eigenvalue weighted by Gasteiger charge is 2.30. The number of nitrogens with zero attached hydrogens (tertiary/aromatic N) is 5. The van der Waals surface area contributed by atoms with Crippen LogP contribution in [0.2, 0.25) is 0 Å². The third-order valence-electron chi connectivity index (χ3n) is 7.72. The number of fused-ring (bicyclic) bond motifs is 3. The van der Waals surface area contributed by atoms with Crippen LogP contribution in [-0.4, -0.2) is 29.8 Å². The van der Waals surface area contributed by atoms with E-state index in [9.17, 15) is 22.7 Å². The molecule has 7 rings (SSSR count). The highest BCUT2D eigenvalue weighted by atomic mass is 19.4. The van der Waals surface area contributed by atoms with Crippen LogP contribution >= 0.6 is 0 Å². The number of alkyl halides is 3. The summed E-state index contributed by atoms with van der Waals surface area (Å²) in [5.41, 5.74) is 8.75. The van der Waals surface area contributed by atoms with Crippen LogP contribution in [0.4, 0.5) is 23.4 Å². The molecule has 0 spiro atoms. The van der Waals surface area contributed by atoms with Gasteiger partial charge < -0.3 is 10.8 Å². The van der Waals surface area contributed by atoms with Crippen molar-refractivity contribution in [2.45, 2.75) is 19.1 Å². The summed E-state index contributed by atoms with van der Waals surface area (Å²) < 4.78 is 56.3. The second kappa shape index (κ2) is 10.0. The maximum absolute atomic E-state index is 14.3. The highest BCUT2D eigenvalue weighted by Crippen LogP contribution is 2.39. The number of pyridine rings is 1. The van der Waals surface area contributed by atoms with E-state index in [1.807, 2.05) is 37.3 Å². The van der Waals surface area contributed by atoms with Gasteiger partial charge in [-0.25, -0.2) is 19.0 Å². The van der Waals surface area contributed by atoms with E-state index in [0.29, 0.717) is 38.8 Å². The van der Waals surface area contributed by atoms with E-state index in [2.05, 4.69) is 15.0 Å². The van der Waals surface area contributed by atoms with E-state index in [-0.39, 0.29) is 11.6 Å². The predicted octanol–water partition coefficient (Wildman–Crippen LogP) is 7.92. The van der Waals surface area contributed by atoms with Crippen molar-refractivity contribution < 1.29 is 22.7 Å². The second-order valence-electron chi connectivity index (χ2n) is 10.5. The van der Waals surface area contributed by atoms with Gasteiger partial charge in [-0.2, -0.15) is 18.3 Å². The van der Waals surface area contributed by atoms with Gasteiger partial charge in [-0.3, -0.25) is 4.98 Å². The Morgan fingerprint density at radius 2 is 1.61 bits per heavy atom. The van der Waals surface area contributed by atoms with Crippen LogP contribution in [-0.2, 0) is 6.18 Å². The van der Waals surface area contributed by atoms with Crippen molar-refractivity contribution in [3.8, 4) is 28.3 Å². The summed E-state index contributed by atoms with van der Waals surface area (Å²) in [4.78, 5) is 13.1. The molecular formula is C33H22F4N6O. The van der Waals surface area contributed by atoms with Gasteiger partial charge >= 0.3 is 6.18 Å². The van der Waals surface area contributed by atoms with E-state index in [0.717, 1.165) is 40.1 Å². The fourth-order valence-corrected chi connectivity index (χ4v) is 5.64. The van der Waals surface area contributed by atoms with Gasteiger partial charge in [0.25, 0.3) is 0 Å². The molecule has 0 saturated carbocycles. The minimum Gasteiger partial charge on any atom is -0.508 e. The van der Waals surface area contributed by atoms with Crippen molar-refractivity contribution in [3.63, 3.8) is 0 Å². The predicted molar refractivity (Wildman–Crippen MR) is 160 cm³/mol. The lowest BCUT2D eigenvalue weighted by atomic mass is 9.92. The molecule has 7 nitrogen and oxygen atoms in total. The lowest BCUT2D eigenvalue weighted by Crippen LogP contribution is -2.11. The summed E-state index contributed by atoms with van der Waals surface area (Å²) in [6.45, 7) is 1.92. The molecule has 3 aromatic heterocycles. The standard InChI is InChI=1S/C33H22F4N6O/c1-17(43-32-29(31(38)40-16-41-32)30(42-43)22-11-24(34)15-25(44)12-22)26-13-20-8-18-5-6-23(33(35,36)37)10-19(18)9-21(20)14-27(26)28-4-2-3-7-39-28/h2-17,44H,1H3,(H2,38,40,41). The molecule has 11 heteroatoms. The van der Waals surface area contributed by atoms with Crippen molar-refractivity contribution in [3.05, 3.63) is 108 Å². The number of hydrogen-bond donors (Lipinski definition) is 2. The fourth-order valence-electron chi connectivity index (χ4n) is 5.64. The van der Waals surface area contributed by atoms with E-state index in [4.69, 9.17) is 10.8 Å². The van der Waals surface area contributed by atoms with Crippen LogP contribution in [0.25, 0.3) is 55.1 Å². The zero-order valence-electron chi connectivity index (χ0n) is 23.0. The Morgan fingerprint density at radius 3 is 2.36 bits per heavy atom. The largest absolute Gasteiger partial charge is 0.508 e. The van der Waals surface area contributed by atoms with E-state index in [1.54, 1.807) is 23.0 Å². The quantitative estimate of drug-likeness (QED) is 0.159. The summed E-state index contributed by atoms with van der Waals surface area (Å²) in [5.74, 6) is -0.777. The Hall–Kier alpha value is -5.58. The Labute approximate surface area is 247 Å². The molecule has 0 aliphatic carbocycles. The molecular weight excluding hydrogens is 572 g/mol. The van der Waals surface area contributed by atoms with Gasteiger partial charge in [0, 0.05) is 23.4 Å². The van der Waals surface area contributed by atoms with Crippen molar-refractivity contribution in [1.82, 2.24) is 24.7 Å². The van der Waals surface area contributed by atoms with Crippen molar-refractivity contribution >= 4 is 38.4 Å². The number of phenols is 1. The molecule has 0 saturated heterocycles. The molecule has 4 aromatic carbocycles. The third kappa shape index (κ3) is 4.62. The molecule has 3 N–H and O–H groups in total. The molecule has 0 amide bonds. The molecule has 0 aliphatic heterocycles. The number of nitrogens with two attached hydrogens (primary N) is 1. The minimum atomic E-state index is -4.45. The molecule has 1 unspecified atom stereocenters. The molecule has 0 aliphatic rings. The molecule has 0 fully saturated rings. The SMILES string of the molecule is CC(c1cc2cc3ccc(C(F)(F)F)cc3cc2cc1-c1ccccn1)n1nc(-c2cc(O)cc(F)c2)c2c(N)ncnc21. The monoisotopic (exact) mass is 594 g/mol. The summed E-state index contributed by atoms with van der Waals surface area (Å²) in [7, 11) is 0. The number of rotatable bonds is 4. The highest BCUT2D eigenvalue weighted by molar-refractivity contribution is 6.01. The van der Waals surface area contributed by atoms with Crippen LogP contribution in [0.1, 0.15) is 24.1 Å². The first kappa shape index (κ1) is 27.3.